The fourth-order valence-electron chi connectivity index (χ4n) is 2.99. The van der Waals surface area contributed by atoms with Gasteiger partial charge in [0.05, 0.1) is 36.3 Å². The van der Waals surface area contributed by atoms with E-state index in [1.165, 1.54) is 0 Å². The van der Waals surface area contributed by atoms with Gasteiger partial charge in [-0.3, -0.25) is 9.78 Å². The van der Waals surface area contributed by atoms with E-state index in [0.717, 1.165) is 23.1 Å². The Balaban J connectivity index is 1.75. The molecule has 0 radical (unpaired) electrons. The summed E-state index contributed by atoms with van der Waals surface area (Å²) in [5.41, 5.74) is 2.52. The van der Waals surface area contributed by atoms with Gasteiger partial charge >= 0.3 is 0 Å². The average molecular weight is 357 g/mol. The zero-order chi connectivity index (χ0) is 18.6. The van der Waals surface area contributed by atoms with Crippen molar-refractivity contribution < 1.29 is 14.3 Å². The number of para-hydroxylation sites is 1. The molecule has 0 bridgehead atoms. The lowest BCUT2D eigenvalue weighted by molar-refractivity contribution is -0.150. The van der Waals surface area contributed by atoms with Crippen LogP contribution < -0.4 is 10.6 Å². The second kappa shape index (κ2) is 8.01. The molecule has 1 fully saturated rings. The number of benzene rings is 1. The van der Waals surface area contributed by atoms with Crippen molar-refractivity contribution in [3.8, 4) is 0 Å². The van der Waals surface area contributed by atoms with Crippen molar-refractivity contribution in [2.45, 2.75) is 39.4 Å². The normalized spacial score (nSPS) is 16.2. The van der Waals surface area contributed by atoms with Crippen LogP contribution in [0.25, 0.3) is 10.9 Å². The third kappa shape index (κ3) is 4.51. The van der Waals surface area contributed by atoms with Crippen LogP contribution >= 0.6 is 0 Å². The molecule has 6 nitrogen and oxygen atoms in total. The molecular weight excluding hydrogens is 330 g/mol. The summed E-state index contributed by atoms with van der Waals surface area (Å²) in [6, 6.07) is 7.92. The number of nitrogens with zero attached hydrogens (tertiary/aromatic N) is 1. The second-order valence-electron chi connectivity index (χ2n) is 7.22. The number of fused-ring (bicyclic) bond motifs is 1. The van der Waals surface area contributed by atoms with Gasteiger partial charge in [0, 0.05) is 24.8 Å². The van der Waals surface area contributed by atoms with E-state index >= 15 is 0 Å². The predicted octanol–water partition coefficient (Wildman–Crippen LogP) is 3.78. The van der Waals surface area contributed by atoms with Crippen molar-refractivity contribution in [1.82, 2.24) is 4.98 Å². The second-order valence-corrected chi connectivity index (χ2v) is 7.22. The summed E-state index contributed by atoms with van der Waals surface area (Å²) < 4.78 is 11.1. The molecule has 0 aliphatic carbocycles. The smallest absolute Gasteiger partial charge is 0.224 e. The molecule has 2 aromatic rings. The van der Waals surface area contributed by atoms with E-state index in [4.69, 9.17) is 9.47 Å². The highest BCUT2D eigenvalue weighted by Crippen LogP contribution is 2.31. The van der Waals surface area contributed by atoms with E-state index in [9.17, 15) is 4.79 Å². The van der Waals surface area contributed by atoms with Gasteiger partial charge in [0.25, 0.3) is 0 Å². The molecule has 1 aromatic carbocycles. The summed E-state index contributed by atoms with van der Waals surface area (Å²) in [6.45, 7) is 8.15. The summed E-state index contributed by atoms with van der Waals surface area (Å²) in [5, 5.41) is 7.45. The summed E-state index contributed by atoms with van der Waals surface area (Å²) >= 11 is 0. The number of rotatable bonds is 7. The molecule has 0 atom stereocenters. The van der Waals surface area contributed by atoms with Crippen molar-refractivity contribution in [2.75, 3.05) is 30.4 Å². The Kier molecular flexibility index (Phi) is 5.74. The Morgan fingerprint density at radius 2 is 2.00 bits per heavy atom. The largest absolute Gasteiger partial charge is 0.383 e. The quantitative estimate of drug-likeness (QED) is 0.789. The predicted molar refractivity (Wildman–Crippen MR) is 103 cm³/mol. The number of carbonyl (C=O) groups is 1. The molecule has 2 N–H and O–H groups in total. The van der Waals surface area contributed by atoms with E-state index in [0.29, 0.717) is 37.7 Å². The van der Waals surface area contributed by atoms with Crippen LogP contribution in [0.5, 0.6) is 0 Å². The maximum absolute atomic E-state index is 12.5. The van der Waals surface area contributed by atoms with Gasteiger partial charge < -0.3 is 20.1 Å². The van der Waals surface area contributed by atoms with Gasteiger partial charge in [-0.2, -0.15) is 0 Å². The average Bonchev–Trinajstić information content (AvgIpc) is 3.06. The van der Waals surface area contributed by atoms with Crippen LogP contribution in [-0.2, 0) is 14.3 Å². The molecule has 140 valence electrons. The minimum absolute atomic E-state index is 0.0741. The molecule has 6 heteroatoms. The van der Waals surface area contributed by atoms with E-state index in [1.807, 2.05) is 31.2 Å². The van der Waals surface area contributed by atoms with Gasteiger partial charge in [-0.05, 0) is 18.9 Å². The van der Waals surface area contributed by atoms with Crippen LogP contribution in [-0.4, -0.2) is 36.4 Å². The van der Waals surface area contributed by atoms with Gasteiger partial charge in [-0.15, -0.1) is 0 Å². The van der Waals surface area contributed by atoms with E-state index in [-0.39, 0.29) is 5.91 Å². The first-order chi connectivity index (χ1) is 12.5. The number of pyridine rings is 1. The molecule has 1 saturated heterocycles. The lowest BCUT2D eigenvalue weighted by Crippen LogP contribution is -2.27. The third-order valence-corrected chi connectivity index (χ3v) is 4.44. The van der Waals surface area contributed by atoms with Crippen LogP contribution in [0, 0.1) is 5.92 Å². The fourth-order valence-corrected chi connectivity index (χ4v) is 2.99. The first kappa shape index (κ1) is 18.6. The van der Waals surface area contributed by atoms with Gasteiger partial charge in [-0.1, -0.05) is 32.0 Å². The number of aromatic nitrogens is 1. The van der Waals surface area contributed by atoms with Crippen LogP contribution in [0.15, 0.2) is 30.5 Å². The first-order valence-electron chi connectivity index (χ1n) is 9.16. The molecule has 26 heavy (non-hydrogen) atoms. The van der Waals surface area contributed by atoms with Crippen molar-refractivity contribution in [2.24, 2.45) is 5.92 Å². The highest BCUT2D eigenvalue weighted by molar-refractivity contribution is 6.02. The Bertz CT molecular complexity index is 770. The number of hydrogen-bond donors (Lipinski definition) is 2. The summed E-state index contributed by atoms with van der Waals surface area (Å²) in [6.07, 6.45) is 2.56. The van der Waals surface area contributed by atoms with Crippen molar-refractivity contribution in [1.29, 1.82) is 0 Å². The van der Waals surface area contributed by atoms with Crippen molar-refractivity contribution in [3.63, 3.8) is 0 Å². The fraction of sp³-hybridized carbons (Fsp3) is 0.500. The molecule has 0 unspecified atom stereocenters. The van der Waals surface area contributed by atoms with Crippen LogP contribution in [0.3, 0.4) is 0 Å². The Hall–Kier alpha value is -2.18. The lowest BCUT2D eigenvalue weighted by Gasteiger charge is -2.22. The molecule has 0 saturated carbocycles. The maximum Gasteiger partial charge on any atom is 0.224 e. The van der Waals surface area contributed by atoms with Gasteiger partial charge in [-0.25, -0.2) is 0 Å². The Morgan fingerprint density at radius 3 is 2.73 bits per heavy atom. The highest BCUT2D eigenvalue weighted by atomic mass is 16.7. The van der Waals surface area contributed by atoms with E-state index in [1.54, 1.807) is 6.20 Å². The molecular formula is C20H27N3O3. The van der Waals surface area contributed by atoms with E-state index in [2.05, 4.69) is 29.5 Å². The zero-order valence-electron chi connectivity index (χ0n) is 15.7. The van der Waals surface area contributed by atoms with E-state index < -0.39 is 5.79 Å². The van der Waals surface area contributed by atoms with Gasteiger partial charge in [0.15, 0.2) is 5.79 Å². The Morgan fingerprint density at radius 1 is 1.27 bits per heavy atom. The molecule has 3 rings (SSSR count). The Labute approximate surface area is 154 Å². The minimum Gasteiger partial charge on any atom is -0.383 e. The molecule has 1 aliphatic rings. The SMILES string of the molecule is CC(C)CNc1c(NC(=O)CCC2(C)OCCO2)cnc2ccccc12. The van der Waals surface area contributed by atoms with Crippen molar-refractivity contribution >= 4 is 28.2 Å². The monoisotopic (exact) mass is 357 g/mol. The zero-order valence-corrected chi connectivity index (χ0v) is 15.7. The number of carbonyl (C=O) groups excluding carboxylic acids is 1. The molecule has 1 aliphatic heterocycles. The van der Waals surface area contributed by atoms with Crippen LogP contribution in [0.4, 0.5) is 11.4 Å². The number of amides is 1. The van der Waals surface area contributed by atoms with Gasteiger partial charge in [0.1, 0.15) is 0 Å². The first-order valence-corrected chi connectivity index (χ1v) is 9.16. The van der Waals surface area contributed by atoms with Gasteiger partial charge in [0.2, 0.25) is 5.91 Å². The topological polar surface area (TPSA) is 72.5 Å². The van der Waals surface area contributed by atoms with Crippen LogP contribution in [0.2, 0.25) is 0 Å². The number of anilines is 2. The summed E-state index contributed by atoms with van der Waals surface area (Å²) in [5.74, 6) is -0.241. The third-order valence-electron chi connectivity index (χ3n) is 4.44. The molecule has 1 aromatic heterocycles. The van der Waals surface area contributed by atoms with Crippen LogP contribution in [0.1, 0.15) is 33.6 Å². The molecule has 2 heterocycles. The summed E-state index contributed by atoms with van der Waals surface area (Å²) in [4.78, 5) is 16.9. The number of ether oxygens (including phenoxy) is 2. The van der Waals surface area contributed by atoms with Crippen molar-refractivity contribution in [3.05, 3.63) is 30.5 Å². The molecule has 0 spiro atoms. The lowest BCUT2D eigenvalue weighted by atomic mass is 10.1. The summed E-state index contributed by atoms with van der Waals surface area (Å²) in [7, 11) is 0. The molecule has 1 amide bonds. The minimum atomic E-state index is -0.655. The number of hydrogen-bond acceptors (Lipinski definition) is 5. The maximum atomic E-state index is 12.5. The highest BCUT2D eigenvalue weighted by Gasteiger charge is 2.31. The standard InChI is InChI=1S/C20H27N3O3/c1-14(2)12-22-19-15-6-4-5-7-16(15)21-13-17(19)23-18(24)8-9-20(3)25-10-11-26-20/h4-7,13-14H,8-12H2,1-3H3,(H,21,22)(H,23,24). The number of nitrogens with one attached hydrogen (secondary N) is 2.